The number of amidine groups is 1. The van der Waals surface area contributed by atoms with Crippen molar-refractivity contribution in [1.29, 1.82) is 0 Å². The molecule has 2 N–H and O–H groups in total. The number of hydrogen-bond donors (Lipinski definition) is 1. The van der Waals surface area contributed by atoms with Crippen LogP contribution in [0.4, 0.5) is 0 Å². The van der Waals surface area contributed by atoms with E-state index in [0.29, 0.717) is 18.2 Å². The average Bonchev–Trinajstić information content (AvgIpc) is 2.75. The minimum Gasteiger partial charge on any atom is -0.387 e. The third-order valence-corrected chi connectivity index (χ3v) is 3.81. The first-order chi connectivity index (χ1) is 11.2. The van der Waals surface area contributed by atoms with E-state index >= 15 is 0 Å². The molecule has 1 aliphatic carbocycles. The summed E-state index contributed by atoms with van der Waals surface area (Å²) in [4.78, 5) is 4.50. The molecule has 2 aliphatic rings. The predicted molar refractivity (Wildman–Crippen MR) is 101 cm³/mol. The molecule has 2 rings (SSSR count). The lowest BCUT2D eigenvalue weighted by atomic mass is 9.92. The lowest BCUT2D eigenvalue weighted by molar-refractivity contribution is 0.818. The fraction of sp³-hybridized carbons (Fsp3) is 0.190. The van der Waals surface area contributed by atoms with Crippen LogP contribution in [-0.4, -0.2) is 5.84 Å². The van der Waals surface area contributed by atoms with Crippen LogP contribution in [0, 0.1) is 5.92 Å². The zero-order valence-corrected chi connectivity index (χ0v) is 13.7. The van der Waals surface area contributed by atoms with Crippen molar-refractivity contribution in [3.05, 3.63) is 96.3 Å². The number of aliphatic imine (C=N–C) groups is 1. The molecule has 0 saturated heterocycles. The van der Waals surface area contributed by atoms with E-state index in [4.69, 9.17) is 5.73 Å². The summed E-state index contributed by atoms with van der Waals surface area (Å²) in [6, 6.07) is 0. The van der Waals surface area contributed by atoms with Gasteiger partial charge in [-0.25, -0.2) is 4.99 Å². The topological polar surface area (TPSA) is 38.4 Å². The summed E-state index contributed by atoms with van der Waals surface area (Å²) in [5, 5.41) is 0. The van der Waals surface area contributed by atoms with E-state index in [9.17, 15) is 0 Å². The number of allylic oxidation sites excluding steroid dienone is 12. The van der Waals surface area contributed by atoms with Gasteiger partial charge in [-0.2, -0.15) is 0 Å². The van der Waals surface area contributed by atoms with Gasteiger partial charge in [-0.15, -0.1) is 6.58 Å². The van der Waals surface area contributed by atoms with Crippen LogP contribution in [0.5, 0.6) is 0 Å². The molecule has 0 bridgehead atoms. The highest BCUT2D eigenvalue weighted by molar-refractivity contribution is 5.85. The quantitative estimate of drug-likeness (QED) is 0.567. The molecule has 1 unspecified atom stereocenters. The zero-order valence-electron chi connectivity index (χ0n) is 13.7. The van der Waals surface area contributed by atoms with Gasteiger partial charge in [0.05, 0.1) is 5.70 Å². The van der Waals surface area contributed by atoms with Gasteiger partial charge in [-0.1, -0.05) is 55.2 Å². The largest absolute Gasteiger partial charge is 0.387 e. The van der Waals surface area contributed by atoms with Crippen molar-refractivity contribution in [1.82, 2.24) is 0 Å². The Labute approximate surface area is 139 Å². The molecule has 0 radical (unpaired) electrons. The zero-order chi connectivity index (χ0) is 16.7. The van der Waals surface area contributed by atoms with Gasteiger partial charge < -0.3 is 5.73 Å². The van der Waals surface area contributed by atoms with E-state index in [0.717, 1.165) is 23.3 Å². The van der Waals surface area contributed by atoms with Gasteiger partial charge in [-0.05, 0) is 48.1 Å². The Morgan fingerprint density at radius 1 is 1.35 bits per heavy atom. The molecule has 23 heavy (non-hydrogen) atoms. The SMILES string of the molecule is C=CC1=CC=C(/C=C(\C=C/C)C2=CCC(C=C)C=C2)N=C(N)C1. The van der Waals surface area contributed by atoms with Crippen LogP contribution in [0.3, 0.4) is 0 Å². The molecule has 1 aliphatic heterocycles. The molecule has 0 spiro atoms. The highest BCUT2D eigenvalue weighted by Crippen LogP contribution is 2.25. The fourth-order valence-electron chi connectivity index (χ4n) is 2.52. The maximum absolute atomic E-state index is 5.99. The standard InChI is InChI=1S/C21H24N2/c1-4-7-19(18-11-8-16(5-2)9-12-18)15-20-13-10-17(6-3)14-21(22)23-20/h4-8,10-13,15-16H,2-3,9,14H2,1H3,(H2,22,23)/b7-4-,19-15+. The molecule has 2 nitrogen and oxygen atoms in total. The van der Waals surface area contributed by atoms with Crippen LogP contribution in [0.2, 0.25) is 0 Å². The van der Waals surface area contributed by atoms with E-state index in [1.54, 1.807) is 0 Å². The first-order valence-corrected chi connectivity index (χ1v) is 7.88. The molecule has 2 heteroatoms. The van der Waals surface area contributed by atoms with E-state index in [1.807, 2.05) is 37.3 Å². The Hall–Kier alpha value is -2.61. The first kappa shape index (κ1) is 16.8. The average molecular weight is 304 g/mol. The normalized spacial score (nSPS) is 22.0. The third kappa shape index (κ3) is 4.68. The third-order valence-electron chi connectivity index (χ3n) is 3.81. The van der Waals surface area contributed by atoms with Gasteiger partial charge in [0, 0.05) is 6.42 Å². The Morgan fingerprint density at radius 2 is 2.17 bits per heavy atom. The Bertz CT molecular complexity index is 691. The highest BCUT2D eigenvalue weighted by Gasteiger charge is 2.09. The number of rotatable bonds is 5. The van der Waals surface area contributed by atoms with Crippen molar-refractivity contribution < 1.29 is 0 Å². The van der Waals surface area contributed by atoms with Crippen LogP contribution in [0.1, 0.15) is 19.8 Å². The second kappa shape index (κ2) is 8.14. The minimum atomic E-state index is 0.425. The van der Waals surface area contributed by atoms with Crippen molar-refractivity contribution >= 4 is 5.84 Å². The summed E-state index contributed by atoms with van der Waals surface area (Å²) in [6.45, 7) is 9.67. The van der Waals surface area contributed by atoms with E-state index < -0.39 is 0 Å². The number of hydrogen-bond acceptors (Lipinski definition) is 2. The summed E-state index contributed by atoms with van der Waals surface area (Å²) in [5.41, 5.74) is 10.3. The molecule has 0 saturated carbocycles. The fourth-order valence-corrected chi connectivity index (χ4v) is 2.52. The summed E-state index contributed by atoms with van der Waals surface area (Å²) in [7, 11) is 0. The molecule has 0 amide bonds. The molecule has 0 aromatic heterocycles. The van der Waals surface area contributed by atoms with Crippen LogP contribution >= 0.6 is 0 Å². The van der Waals surface area contributed by atoms with Crippen LogP contribution in [-0.2, 0) is 0 Å². The minimum absolute atomic E-state index is 0.425. The highest BCUT2D eigenvalue weighted by atomic mass is 14.9. The van der Waals surface area contributed by atoms with Gasteiger partial charge >= 0.3 is 0 Å². The van der Waals surface area contributed by atoms with Gasteiger partial charge in [0.15, 0.2) is 0 Å². The monoisotopic (exact) mass is 304 g/mol. The summed E-state index contributed by atoms with van der Waals surface area (Å²) in [6.07, 6.45) is 22.2. The van der Waals surface area contributed by atoms with Crippen molar-refractivity contribution in [3.63, 3.8) is 0 Å². The molecule has 1 atom stereocenters. The molecule has 0 fully saturated rings. The van der Waals surface area contributed by atoms with Crippen LogP contribution in [0.15, 0.2) is 101 Å². The van der Waals surface area contributed by atoms with Gasteiger partial charge in [-0.3, -0.25) is 0 Å². The van der Waals surface area contributed by atoms with Gasteiger partial charge in [0.25, 0.3) is 0 Å². The molecule has 0 aromatic rings. The summed E-state index contributed by atoms with van der Waals surface area (Å²) in [5.74, 6) is 1.03. The van der Waals surface area contributed by atoms with E-state index in [2.05, 4.69) is 48.5 Å². The second-order valence-corrected chi connectivity index (χ2v) is 5.57. The van der Waals surface area contributed by atoms with Crippen molar-refractivity contribution in [2.45, 2.75) is 19.8 Å². The number of nitrogens with zero attached hydrogens (tertiary/aromatic N) is 1. The van der Waals surface area contributed by atoms with Crippen LogP contribution in [0.25, 0.3) is 0 Å². The van der Waals surface area contributed by atoms with E-state index in [1.165, 1.54) is 5.57 Å². The van der Waals surface area contributed by atoms with Crippen molar-refractivity contribution in [2.24, 2.45) is 16.6 Å². The van der Waals surface area contributed by atoms with Gasteiger partial charge in [0.1, 0.15) is 5.84 Å². The maximum Gasteiger partial charge on any atom is 0.104 e. The second-order valence-electron chi connectivity index (χ2n) is 5.57. The molecule has 1 heterocycles. The summed E-state index contributed by atoms with van der Waals surface area (Å²) < 4.78 is 0. The predicted octanol–water partition coefficient (Wildman–Crippen LogP) is 4.93. The Balaban J connectivity index is 2.34. The Morgan fingerprint density at radius 3 is 2.78 bits per heavy atom. The smallest absolute Gasteiger partial charge is 0.104 e. The first-order valence-electron chi connectivity index (χ1n) is 7.88. The molecular weight excluding hydrogens is 280 g/mol. The maximum atomic E-state index is 5.99. The molecular formula is C21H24N2. The molecule has 0 aromatic carbocycles. The van der Waals surface area contributed by atoms with Crippen molar-refractivity contribution in [2.75, 3.05) is 0 Å². The van der Waals surface area contributed by atoms with Crippen LogP contribution < -0.4 is 5.73 Å². The van der Waals surface area contributed by atoms with Crippen molar-refractivity contribution in [3.8, 4) is 0 Å². The number of nitrogens with two attached hydrogens (primary N) is 1. The van der Waals surface area contributed by atoms with Gasteiger partial charge in [0.2, 0.25) is 0 Å². The Kier molecular flexibility index (Phi) is 5.93. The molecule has 118 valence electrons. The lowest BCUT2D eigenvalue weighted by Crippen LogP contribution is -2.11. The van der Waals surface area contributed by atoms with E-state index in [-0.39, 0.29) is 0 Å². The summed E-state index contributed by atoms with van der Waals surface area (Å²) >= 11 is 0. The lowest BCUT2D eigenvalue weighted by Gasteiger charge is -2.13.